The maximum absolute atomic E-state index is 10.3. The average molecular weight is 130 g/mol. The molecule has 0 aliphatic carbocycles. The predicted octanol–water partition coefficient (Wildman–Crippen LogP) is 0.362. The second-order valence-electron chi connectivity index (χ2n) is 1.38. The summed E-state index contributed by atoms with van der Waals surface area (Å²) in [5.74, 6) is -0.364. The van der Waals surface area contributed by atoms with E-state index in [-0.39, 0.29) is 12.6 Å². The van der Waals surface area contributed by atoms with Crippen molar-refractivity contribution in [1.29, 1.82) is 0 Å². The third kappa shape index (κ3) is 5.03. The van der Waals surface area contributed by atoms with Crippen molar-refractivity contribution in [1.82, 2.24) is 0 Å². The van der Waals surface area contributed by atoms with E-state index in [0.29, 0.717) is 6.61 Å². The van der Waals surface area contributed by atoms with Crippen LogP contribution in [0.3, 0.4) is 0 Å². The number of hydrogen-bond donors (Lipinski definition) is 0. The Kier molecular flexibility index (Phi) is 4.82. The predicted molar refractivity (Wildman–Crippen MR) is 33.0 cm³/mol. The van der Waals surface area contributed by atoms with Gasteiger partial charge in [0.15, 0.2) is 0 Å². The van der Waals surface area contributed by atoms with Crippen molar-refractivity contribution in [2.24, 2.45) is 0 Å². The van der Waals surface area contributed by atoms with Crippen molar-refractivity contribution in [3.05, 3.63) is 12.7 Å². The number of methoxy groups -OCH3 is 1. The Morgan fingerprint density at radius 1 is 1.78 bits per heavy atom. The average Bonchev–Trinajstić information content (AvgIpc) is 1.89. The van der Waals surface area contributed by atoms with E-state index in [0.717, 1.165) is 0 Å². The standard InChI is InChI=1S/C6H10O3/c1-3-4-9-5-6(7)8-2/h3H,1,4-5H2,2H3. The lowest BCUT2D eigenvalue weighted by Crippen LogP contribution is -2.09. The lowest BCUT2D eigenvalue weighted by Gasteiger charge is -1.96. The molecule has 3 nitrogen and oxygen atoms in total. The Bertz CT molecular complexity index is 98.5. The first-order valence-corrected chi connectivity index (χ1v) is 2.56. The van der Waals surface area contributed by atoms with Gasteiger partial charge in [-0.3, -0.25) is 0 Å². The molecule has 0 aliphatic rings. The number of hydrogen-bond acceptors (Lipinski definition) is 3. The first-order valence-electron chi connectivity index (χ1n) is 2.56. The molecule has 0 aromatic heterocycles. The van der Waals surface area contributed by atoms with Crippen LogP contribution in [-0.4, -0.2) is 26.3 Å². The molecule has 52 valence electrons. The van der Waals surface area contributed by atoms with Crippen LogP contribution in [0.15, 0.2) is 12.7 Å². The van der Waals surface area contributed by atoms with Crippen LogP contribution in [-0.2, 0) is 14.3 Å². The molecule has 0 atom stereocenters. The Hall–Kier alpha value is -0.830. The van der Waals surface area contributed by atoms with Crippen LogP contribution in [0.1, 0.15) is 0 Å². The minimum Gasteiger partial charge on any atom is -0.467 e. The monoisotopic (exact) mass is 130 g/mol. The Morgan fingerprint density at radius 3 is 2.89 bits per heavy atom. The molecular weight excluding hydrogens is 120 g/mol. The van der Waals surface area contributed by atoms with Crippen LogP contribution in [0.2, 0.25) is 0 Å². The van der Waals surface area contributed by atoms with E-state index in [2.05, 4.69) is 11.3 Å². The van der Waals surface area contributed by atoms with Crippen molar-refractivity contribution in [2.45, 2.75) is 0 Å². The highest BCUT2D eigenvalue weighted by molar-refractivity contribution is 5.70. The van der Waals surface area contributed by atoms with E-state index in [9.17, 15) is 4.79 Å². The SMILES string of the molecule is C=CCOCC(=O)OC. The minimum absolute atomic E-state index is 0.00250. The molecule has 0 spiro atoms. The van der Waals surface area contributed by atoms with E-state index < -0.39 is 0 Å². The Balaban J connectivity index is 3.06. The summed E-state index contributed by atoms with van der Waals surface area (Å²) in [7, 11) is 1.32. The van der Waals surface area contributed by atoms with Gasteiger partial charge in [-0.1, -0.05) is 6.08 Å². The lowest BCUT2D eigenvalue weighted by molar-refractivity contribution is -0.145. The number of ether oxygens (including phenoxy) is 2. The van der Waals surface area contributed by atoms with Crippen molar-refractivity contribution < 1.29 is 14.3 Å². The zero-order valence-corrected chi connectivity index (χ0v) is 5.42. The first-order chi connectivity index (χ1) is 4.31. The first kappa shape index (κ1) is 8.17. The largest absolute Gasteiger partial charge is 0.467 e. The van der Waals surface area contributed by atoms with Gasteiger partial charge < -0.3 is 9.47 Å². The van der Waals surface area contributed by atoms with Gasteiger partial charge in [0.25, 0.3) is 0 Å². The highest BCUT2D eigenvalue weighted by atomic mass is 16.6. The zero-order chi connectivity index (χ0) is 7.11. The van der Waals surface area contributed by atoms with Crippen LogP contribution in [0.4, 0.5) is 0 Å². The van der Waals surface area contributed by atoms with E-state index in [4.69, 9.17) is 4.74 Å². The maximum atomic E-state index is 10.3. The van der Waals surface area contributed by atoms with Crippen LogP contribution in [0.5, 0.6) is 0 Å². The topological polar surface area (TPSA) is 35.5 Å². The van der Waals surface area contributed by atoms with Crippen molar-refractivity contribution in [3.63, 3.8) is 0 Å². The van der Waals surface area contributed by atoms with Gasteiger partial charge in [0.1, 0.15) is 6.61 Å². The summed E-state index contributed by atoms with van der Waals surface area (Å²) in [6.45, 7) is 3.79. The summed E-state index contributed by atoms with van der Waals surface area (Å²) in [6.07, 6.45) is 1.57. The Labute approximate surface area is 54.3 Å². The van der Waals surface area contributed by atoms with Gasteiger partial charge in [-0.05, 0) is 0 Å². The molecule has 0 saturated heterocycles. The number of rotatable bonds is 4. The molecule has 0 aromatic carbocycles. The van der Waals surface area contributed by atoms with Crippen LogP contribution in [0.25, 0.3) is 0 Å². The Morgan fingerprint density at radius 2 is 2.44 bits per heavy atom. The molecular formula is C6H10O3. The van der Waals surface area contributed by atoms with Gasteiger partial charge in [0.2, 0.25) is 0 Å². The molecule has 0 saturated carbocycles. The summed E-state index contributed by atoms with van der Waals surface area (Å²) in [4.78, 5) is 10.3. The van der Waals surface area contributed by atoms with Crippen molar-refractivity contribution in [2.75, 3.05) is 20.3 Å². The number of esters is 1. The third-order valence-electron chi connectivity index (χ3n) is 0.683. The van der Waals surface area contributed by atoms with Gasteiger partial charge in [-0.2, -0.15) is 0 Å². The van der Waals surface area contributed by atoms with Crippen molar-refractivity contribution >= 4 is 5.97 Å². The van der Waals surface area contributed by atoms with Gasteiger partial charge in [-0.25, -0.2) is 4.79 Å². The van der Waals surface area contributed by atoms with E-state index >= 15 is 0 Å². The van der Waals surface area contributed by atoms with Gasteiger partial charge in [-0.15, -0.1) is 6.58 Å². The molecule has 0 amide bonds. The normalized spacial score (nSPS) is 8.56. The fourth-order valence-corrected chi connectivity index (χ4v) is 0.285. The number of carbonyl (C=O) groups excluding carboxylic acids is 1. The molecule has 0 aliphatic heterocycles. The summed E-state index contributed by atoms with van der Waals surface area (Å²) in [5, 5.41) is 0. The highest BCUT2D eigenvalue weighted by Gasteiger charge is 1.95. The molecule has 0 unspecified atom stereocenters. The smallest absolute Gasteiger partial charge is 0.331 e. The quantitative estimate of drug-likeness (QED) is 0.313. The fourth-order valence-electron chi connectivity index (χ4n) is 0.285. The van der Waals surface area contributed by atoms with Gasteiger partial charge in [0, 0.05) is 0 Å². The molecule has 0 bridgehead atoms. The highest BCUT2D eigenvalue weighted by Crippen LogP contribution is 1.77. The maximum Gasteiger partial charge on any atom is 0.331 e. The van der Waals surface area contributed by atoms with Crippen LogP contribution in [0, 0.1) is 0 Å². The molecule has 0 heterocycles. The summed E-state index contributed by atoms with van der Waals surface area (Å²) in [6, 6.07) is 0. The summed E-state index contributed by atoms with van der Waals surface area (Å²) < 4.78 is 9.04. The molecule has 3 heteroatoms. The minimum atomic E-state index is -0.364. The van der Waals surface area contributed by atoms with Gasteiger partial charge >= 0.3 is 5.97 Å². The van der Waals surface area contributed by atoms with E-state index in [1.807, 2.05) is 0 Å². The molecule has 0 radical (unpaired) electrons. The fraction of sp³-hybridized carbons (Fsp3) is 0.500. The van der Waals surface area contributed by atoms with E-state index in [1.165, 1.54) is 7.11 Å². The third-order valence-corrected chi connectivity index (χ3v) is 0.683. The molecule has 0 aromatic rings. The van der Waals surface area contributed by atoms with Crippen LogP contribution < -0.4 is 0 Å². The number of carbonyl (C=O) groups is 1. The van der Waals surface area contributed by atoms with Crippen LogP contribution >= 0.6 is 0 Å². The summed E-state index contributed by atoms with van der Waals surface area (Å²) in [5.41, 5.74) is 0. The molecule has 0 N–H and O–H groups in total. The molecule has 0 rings (SSSR count). The zero-order valence-electron chi connectivity index (χ0n) is 5.42. The molecule has 9 heavy (non-hydrogen) atoms. The van der Waals surface area contributed by atoms with E-state index in [1.54, 1.807) is 6.08 Å². The molecule has 0 fully saturated rings. The summed E-state index contributed by atoms with van der Waals surface area (Å²) >= 11 is 0. The van der Waals surface area contributed by atoms with Crippen molar-refractivity contribution in [3.8, 4) is 0 Å². The lowest BCUT2D eigenvalue weighted by atomic mass is 10.7. The second kappa shape index (κ2) is 5.31. The second-order valence-corrected chi connectivity index (χ2v) is 1.38. The van der Waals surface area contributed by atoms with Gasteiger partial charge in [0.05, 0.1) is 13.7 Å².